The largest absolute Gasteiger partial charge is 0.308 e. The molecular formula is C33H29FN4O. The van der Waals surface area contributed by atoms with E-state index in [0.29, 0.717) is 23.5 Å². The van der Waals surface area contributed by atoms with Crippen molar-refractivity contribution in [2.24, 2.45) is 11.8 Å². The van der Waals surface area contributed by atoms with Crippen LogP contribution >= 0.6 is 0 Å². The molecule has 0 saturated heterocycles. The molecular weight excluding hydrogens is 487 g/mol. The fourth-order valence-corrected chi connectivity index (χ4v) is 6.42. The molecule has 0 saturated carbocycles. The second kappa shape index (κ2) is 9.20. The van der Waals surface area contributed by atoms with E-state index in [1.54, 1.807) is 18.2 Å². The lowest BCUT2D eigenvalue weighted by atomic mass is 9.58. The maximum absolute atomic E-state index is 15.3. The molecule has 2 aromatic heterocycles. The molecule has 0 amide bonds. The Balaban J connectivity index is 1.71. The van der Waals surface area contributed by atoms with Crippen LogP contribution in [0.1, 0.15) is 57.0 Å². The van der Waals surface area contributed by atoms with E-state index in [1.807, 2.05) is 43.3 Å². The van der Waals surface area contributed by atoms with E-state index < -0.39 is 5.41 Å². The zero-order valence-electron chi connectivity index (χ0n) is 22.5. The van der Waals surface area contributed by atoms with Crippen molar-refractivity contribution in [1.82, 2.24) is 15.0 Å². The first-order valence-electron chi connectivity index (χ1n) is 13.4. The first-order chi connectivity index (χ1) is 18.7. The predicted octanol–water partition coefficient (Wildman–Crippen LogP) is 7.46. The summed E-state index contributed by atoms with van der Waals surface area (Å²) >= 11 is 0. The molecule has 2 heterocycles. The second-order valence-corrected chi connectivity index (χ2v) is 11.2. The monoisotopic (exact) mass is 516 g/mol. The van der Waals surface area contributed by atoms with Crippen LogP contribution in [0.2, 0.25) is 0 Å². The summed E-state index contributed by atoms with van der Waals surface area (Å²) in [7, 11) is 0. The Morgan fingerprint density at radius 1 is 1.05 bits per heavy atom. The standard InChI is InChI=1S/C33H29FN4O/c1-18(2)27-16-23(20-10-7-9-13-26(20)36-27)32-37-29(21-11-6-8-12-25(21)34)22-14-15-24-19(3)30(39)28(35-5)17-33(24,4)31(22)38-32/h6-13,16-19,24H,14-15H2,1-4H3/t19-,24-,33-/m1/s1. The molecule has 0 radical (unpaired) electrons. The number of fused-ring (bicyclic) bond motifs is 4. The van der Waals surface area contributed by atoms with Crippen LogP contribution in [0.15, 0.2) is 66.4 Å². The number of carbonyl (C=O) groups is 1. The average molecular weight is 517 g/mol. The number of pyridine rings is 1. The minimum Gasteiger partial charge on any atom is -0.308 e. The lowest BCUT2D eigenvalue weighted by molar-refractivity contribution is -0.121. The minimum absolute atomic E-state index is 0.0142. The summed E-state index contributed by atoms with van der Waals surface area (Å²) in [5.74, 6) is -0.0867. The van der Waals surface area contributed by atoms with E-state index in [-0.39, 0.29) is 35.1 Å². The number of carbonyl (C=O) groups excluding carboxylic acids is 1. The van der Waals surface area contributed by atoms with E-state index in [0.717, 1.165) is 39.8 Å². The van der Waals surface area contributed by atoms with Crippen LogP contribution in [0.4, 0.5) is 4.39 Å². The molecule has 0 aliphatic heterocycles. The zero-order chi connectivity index (χ0) is 27.5. The first-order valence-corrected chi connectivity index (χ1v) is 13.4. The number of aromatic nitrogens is 3. The molecule has 0 unspecified atom stereocenters. The van der Waals surface area contributed by atoms with E-state index in [9.17, 15) is 4.79 Å². The van der Waals surface area contributed by atoms with Gasteiger partial charge in [0.15, 0.2) is 11.6 Å². The minimum atomic E-state index is -0.664. The van der Waals surface area contributed by atoms with Gasteiger partial charge in [-0.1, -0.05) is 64.1 Å². The maximum Gasteiger partial charge on any atom is 0.226 e. The quantitative estimate of drug-likeness (QED) is 0.265. The Kier molecular flexibility index (Phi) is 5.91. The SMILES string of the molecule is [C-]#[N+]C1=C[C@@]2(C)c3nc(-c4cc(C(C)C)nc5ccccc45)nc(-c4ccccc4F)c3CC[C@@H]2[C@@H](C)C1=O. The van der Waals surface area contributed by atoms with Gasteiger partial charge in [-0.15, -0.1) is 0 Å². The predicted molar refractivity (Wildman–Crippen MR) is 150 cm³/mol. The van der Waals surface area contributed by atoms with Gasteiger partial charge in [0.1, 0.15) is 5.82 Å². The van der Waals surface area contributed by atoms with Crippen molar-refractivity contribution >= 4 is 16.7 Å². The number of rotatable bonds is 3. The number of hydrogen-bond donors (Lipinski definition) is 0. The van der Waals surface area contributed by atoms with E-state index >= 15 is 4.39 Å². The van der Waals surface area contributed by atoms with Crippen LogP contribution in [0.25, 0.3) is 38.4 Å². The van der Waals surface area contributed by atoms with Crippen LogP contribution in [0, 0.1) is 24.2 Å². The van der Waals surface area contributed by atoms with Crippen LogP contribution in [-0.2, 0) is 16.6 Å². The Labute approximate surface area is 227 Å². The molecule has 2 aliphatic carbocycles. The summed E-state index contributed by atoms with van der Waals surface area (Å²) in [5, 5.41) is 0.920. The van der Waals surface area contributed by atoms with Crippen molar-refractivity contribution in [3.8, 4) is 22.6 Å². The van der Waals surface area contributed by atoms with E-state index in [1.165, 1.54) is 6.07 Å². The van der Waals surface area contributed by atoms with Crippen molar-refractivity contribution in [3.05, 3.63) is 101 Å². The van der Waals surface area contributed by atoms with Crippen LogP contribution < -0.4 is 0 Å². The van der Waals surface area contributed by atoms with Crippen LogP contribution in [0.3, 0.4) is 0 Å². The van der Waals surface area contributed by atoms with Gasteiger partial charge in [0.25, 0.3) is 0 Å². The third kappa shape index (κ3) is 3.87. The summed E-state index contributed by atoms with van der Waals surface area (Å²) < 4.78 is 15.3. The fourth-order valence-electron chi connectivity index (χ4n) is 6.42. The third-order valence-corrected chi connectivity index (χ3v) is 8.52. The van der Waals surface area contributed by atoms with Crippen LogP contribution in [-0.4, -0.2) is 20.7 Å². The summed E-state index contributed by atoms with van der Waals surface area (Å²) in [5.41, 5.74) is 4.75. The highest BCUT2D eigenvalue weighted by Gasteiger charge is 2.49. The van der Waals surface area contributed by atoms with Crippen molar-refractivity contribution < 1.29 is 9.18 Å². The maximum atomic E-state index is 15.3. The van der Waals surface area contributed by atoms with Gasteiger partial charge in [0.05, 0.1) is 23.5 Å². The molecule has 0 bridgehead atoms. The summed E-state index contributed by atoms with van der Waals surface area (Å²) in [6.45, 7) is 15.9. The fraction of sp³-hybridized carbons (Fsp3) is 0.303. The molecule has 0 fully saturated rings. The summed E-state index contributed by atoms with van der Waals surface area (Å²) in [4.78, 5) is 31.7. The van der Waals surface area contributed by atoms with E-state index in [2.05, 4.69) is 25.6 Å². The van der Waals surface area contributed by atoms with Crippen molar-refractivity contribution in [2.75, 3.05) is 0 Å². The number of Topliss-reactive ketones (excluding diaryl/α,β-unsaturated/α-hetero) is 1. The van der Waals surface area contributed by atoms with Gasteiger partial charge >= 0.3 is 0 Å². The summed E-state index contributed by atoms with van der Waals surface area (Å²) in [6, 6.07) is 16.7. The highest BCUT2D eigenvalue weighted by Crippen LogP contribution is 2.51. The molecule has 194 valence electrons. The molecule has 6 rings (SSSR count). The van der Waals surface area contributed by atoms with Gasteiger partial charge in [-0.05, 0) is 48.9 Å². The topological polar surface area (TPSA) is 60.1 Å². The Bertz CT molecular complexity index is 1730. The molecule has 6 heteroatoms. The van der Waals surface area contributed by atoms with Gasteiger partial charge in [-0.2, -0.15) is 0 Å². The smallest absolute Gasteiger partial charge is 0.226 e. The normalized spacial score (nSPS) is 22.3. The molecule has 2 aliphatic rings. The lowest BCUT2D eigenvalue weighted by Gasteiger charge is -2.46. The number of ketones is 1. The molecule has 0 spiro atoms. The van der Waals surface area contributed by atoms with Crippen molar-refractivity contribution in [2.45, 2.75) is 51.9 Å². The summed E-state index contributed by atoms with van der Waals surface area (Å²) in [6.07, 6.45) is 3.17. The highest BCUT2D eigenvalue weighted by atomic mass is 19.1. The molecule has 5 nitrogen and oxygen atoms in total. The Morgan fingerprint density at radius 3 is 2.54 bits per heavy atom. The molecule has 4 aromatic rings. The van der Waals surface area contributed by atoms with Gasteiger partial charge in [-0.3, -0.25) is 4.98 Å². The molecule has 0 N–H and O–H groups in total. The van der Waals surface area contributed by atoms with Crippen LogP contribution in [0.5, 0.6) is 0 Å². The Hall–Kier alpha value is -4.24. The van der Waals surface area contributed by atoms with Gasteiger partial charge < -0.3 is 4.79 Å². The number of halogens is 1. The van der Waals surface area contributed by atoms with Crippen molar-refractivity contribution in [3.63, 3.8) is 0 Å². The molecule has 39 heavy (non-hydrogen) atoms. The number of nitrogens with zero attached hydrogens (tertiary/aromatic N) is 4. The van der Waals surface area contributed by atoms with Crippen molar-refractivity contribution in [1.29, 1.82) is 0 Å². The van der Waals surface area contributed by atoms with Gasteiger partial charge in [0.2, 0.25) is 5.70 Å². The number of hydrogen-bond acceptors (Lipinski definition) is 4. The highest BCUT2D eigenvalue weighted by molar-refractivity contribution is 6.00. The lowest BCUT2D eigenvalue weighted by Crippen LogP contribution is -2.46. The molecule has 2 aromatic carbocycles. The van der Waals surface area contributed by atoms with Gasteiger partial charge in [-0.25, -0.2) is 19.2 Å². The van der Waals surface area contributed by atoms with E-state index in [4.69, 9.17) is 21.5 Å². The number of benzene rings is 2. The third-order valence-electron chi connectivity index (χ3n) is 8.52. The van der Waals surface area contributed by atoms with Gasteiger partial charge in [0, 0.05) is 39.1 Å². The zero-order valence-corrected chi connectivity index (χ0v) is 22.5. The second-order valence-electron chi connectivity index (χ2n) is 11.2. The Morgan fingerprint density at radius 2 is 1.79 bits per heavy atom. The average Bonchev–Trinajstić information content (AvgIpc) is 2.94. The first kappa shape index (κ1) is 25.1. The molecule has 3 atom stereocenters. The number of allylic oxidation sites excluding steroid dienone is 2. The number of para-hydroxylation sites is 1.